The van der Waals surface area contributed by atoms with Crippen molar-refractivity contribution in [2.24, 2.45) is 0 Å². The summed E-state index contributed by atoms with van der Waals surface area (Å²) in [6.07, 6.45) is 2.60. The highest BCUT2D eigenvalue weighted by molar-refractivity contribution is 9.10. The quantitative estimate of drug-likeness (QED) is 0.920. The van der Waals surface area contributed by atoms with Crippen LogP contribution in [0.25, 0.3) is 0 Å². The Balaban J connectivity index is 2.18. The molecule has 16 heavy (non-hydrogen) atoms. The molecule has 0 saturated heterocycles. The number of aryl methyl sites for hydroxylation is 1. The Hall–Kier alpha value is -1.62. The van der Waals surface area contributed by atoms with Gasteiger partial charge in [-0.15, -0.1) is 0 Å². The average molecular weight is 281 g/mol. The molecule has 2 aromatic rings. The van der Waals surface area contributed by atoms with Crippen LogP contribution in [0.4, 0.5) is 5.69 Å². The lowest BCUT2D eigenvalue weighted by molar-refractivity contribution is 0.0996. The van der Waals surface area contributed by atoms with E-state index in [-0.39, 0.29) is 11.7 Å². The van der Waals surface area contributed by atoms with Crippen molar-refractivity contribution in [1.82, 2.24) is 4.98 Å². The number of nitrogens with one attached hydrogen (secondary N) is 1. The van der Waals surface area contributed by atoms with Gasteiger partial charge in [0.05, 0.1) is 6.20 Å². The van der Waals surface area contributed by atoms with E-state index in [1.54, 1.807) is 0 Å². The maximum absolute atomic E-state index is 11.7. The van der Waals surface area contributed by atoms with Crippen molar-refractivity contribution in [2.45, 2.75) is 6.92 Å². The summed E-state index contributed by atoms with van der Waals surface area (Å²) in [4.78, 5) is 15.3. The minimum Gasteiger partial charge on any atom is -0.438 e. The van der Waals surface area contributed by atoms with Gasteiger partial charge in [-0.1, -0.05) is 15.9 Å². The lowest BCUT2D eigenvalue weighted by Crippen LogP contribution is -2.11. The van der Waals surface area contributed by atoms with Crippen LogP contribution in [0.1, 0.15) is 16.1 Å². The molecule has 2 rings (SSSR count). The molecule has 0 atom stereocenters. The maximum Gasteiger partial charge on any atom is 0.293 e. The largest absolute Gasteiger partial charge is 0.438 e. The number of benzene rings is 1. The number of rotatable bonds is 2. The fourth-order valence-electron chi connectivity index (χ4n) is 1.28. The summed E-state index contributed by atoms with van der Waals surface area (Å²) in [5, 5.41) is 2.75. The number of aromatic nitrogens is 1. The maximum atomic E-state index is 11.7. The van der Waals surface area contributed by atoms with Crippen molar-refractivity contribution in [1.29, 1.82) is 0 Å². The molecule has 82 valence electrons. The first-order valence-corrected chi connectivity index (χ1v) is 5.42. The Labute approximate surface area is 101 Å². The molecule has 0 radical (unpaired) electrons. The second kappa shape index (κ2) is 4.49. The van der Waals surface area contributed by atoms with Gasteiger partial charge in [0, 0.05) is 10.2 Å². The molecular formula is C11H9BrN2O2. The zero-order chi connectivity index (χ0) is 11.5. The number of oxazole rings is 1. The fourth-order valence-corrected chi connectivity index (χ4v) is 1.75. The lowest BCUT2D eigenvalue weighted by atomic mass is 10.2. The molecule has 0 unspecified atom stereocenters. The third kappa shape index (κ3) is 2.30. The van der Waals surface area contributed by atoms with Gasteiger partial charge in [-0.25, -0.2) is 4.98 Å². The zero-order valence-electron chi connectivity index (χ0n) is 8.53. The summed E-state index contributed by atoms with van der Waals surface area (Å²) in [5.41, 5.74) is 1.73. The topological polar surface area (TPSA) is 55.1 Å². The molecule has 0 aliphatic heterocycles. The van der Waals surface area contributed by atoms with Gasteiger partial charge in [0.25, 0.3) is 5.91 Å². The molecule has 0 fully saturated rings. The van der Waals surface area contributed by atoms with E-state index in [1.807, 2.05) is 25.1 Å². The molecule has 0 bridgehead atoms. The molecule has 0 aliphatic rings. The van der Waals surface area contributed by atoms with Crippen LogP contribution in [0.2, 0.25) is 0 Å². The first-order chi connectivity index (χ1) is 7.66. The summed E-state index contributed by atoms with van der Waals surface area (Å²) in [5.74, 6) is -0.106. The summed E-state index contributed by atoms with van der Waals surface area (Å²) < 4.78 is 5.87. The smallest absolute Gasteiger partial charge is 0.293 e. The van der Waals surface area contributed by atoms with Crippen molar-refractivity contribution >= 4 is 27.5 Å². The number of hydrogen-bond donors (Lipinski definition) is 1. The number of halogens is 1. The lowest BCUT2D eigenvalue weighted by Gasteiger charge is -2.06. The van der Waals surface area contributed by atoms with Crippen LogP contribution in [0, 0.1) is 6.92 Å². The Morgan fingerprint density at radius 2 is 2.31 bits per heavy atom. The van der Waals surface area contributed by atoms with Gasteiger partial charge < -0.3 is 9.73 Å². The van der Waals surface area contributed by atoms with Gasteiger partial charge in [0.2, 0.25) is 5.76 Å². The fraction of sp³-hybridized carbons (Fsp3) is 0.0909. The Bertz CT molecular complexity index is 509. The van der Waals surface area contributed by atoms with Crippen LogP contribution in [-0.4, -0.2) is 10.9 Å². The Morgan fingerprint density at radius 3 is 2.94 bits per heavy atom. The highest BCUT2D eigenvalue weighted by Crippen LogP contribution is 2.20. The second-order valence-corrected chi connectivity index (χ2v) is 4.19. The molecule has 0 spiro atoms. The predicted octanol–water partition coefficient (Wildman–Crippen LogP) is 3.00. The molecule has 4 nitrogen and oxygen atoms in total. The molecule has 1 aromatic carbocycles. The van der Waals surface area contributed by atoms with E-state index in [1.165, 1.54) is 12.6 Å². The highest BCUT2D eigenvalue weighted by Gasteiger charge is 2.10. The second-order valence-electron chi connectivity index (χ2n) is 3.28. The molecule has 1 amide bonds. The SMILES string of the molecule is Cc1cc(Br)ccc1NC(=O)c1cnco1. The standard InChI is InChI=1S/C11H9BrN2O2/c1-7-4-8(12)2-3-9(7)14-11(15)10-5-13-6-16-10/h2-6H,1H3,(H,14,15). The average Bonchev–Trinajstić information content (AvgIpc) is 2.75. The number of hydrogen-bond acceptors (Lipinski definition) is 3. The van der Waals surface area contributed by atoms with Gasteiger partial charge in [-0.3, -0.25) is 4.79 Å². The first kappa shape index (κ1) is 10.9. The van der Waals surface area contributed by atoms with Crippen molar-refractivity contribution in [3.05, 3.63) is 46.6 Å². The number of carbonyl (C=O) groups is 1. The van der Waals surface area contributed by atoms with Crippen LogP contribution in [0.5, 0.6) is 0 Å². The van der Waals surface area contributed by atoms with Gasteiger partial charge in [-0.05, 0) is 30.7 Å². The van der Waals surface area contributed by atoms with E-state index in [2.05, 4.69) is 26.2 Å². The van der Waals surface area contributed by atoms with Crippen LogP contribution < -0.4 is 5.32 Å². The number of nitrogens with zero attached hydrogens (tertiary/aromatic N) is 1. The molecular weight excluding hydrogens is 272 g/mol. The third-order valence-electron chi connectivity index (χ3n) is 2.09. The monoisotopic (exact) mass is 280 g/mol. The predicted molar refractivity (Wildman–Crippen MR) is 63.3 cm³/mol. The normalized spacial score (nSPS) is 10.1. The molecule has 0 saturated carbocycles. The summed E-state index contributed by atoms with van der Waals surface area (Å²) >= 11 is 3.36. The summed E-state index contributed by atoms with van der Waals surface area (Å²) in [6, 6.07) is 5.62. The van der Waals surface area contributed by atoms with E-state index < -0.39 is 0 Å². The van der Waals surface area contributed by atoms with E-state index >= 15 is 0 Å². The van der Waals surface area contributed by atoms with E-state index in [4.69, 9.17) is 4.42 Å². The van der Waals surface area contributed by atoms with Crippen molar-refractivity contribution in [3.63, 3.8) is 0 Å². The van der Waals surface area contributed by atoms with Gasteiger partial charge >= 0.3 is 0 Å². The first-order valence-electron chi connectivity index (χ1n) is 4.63. The highest BCUT2D eigenvalue weighted by atomic mass is 79.9. The zero-order valence-corrected chi connectivity index (χ0v) is 10.1. The minimum atomic E-state index is -0.303. The van der Waals surface area contributed by atoms with E-state index in [9.17, 15) is 4.79 Å². The molecule has 1 heterocycles. The third-order valence-corrected chi connectivity index (χ3v) is 2.59. The number of carbonyl (C=O) groups excluding carboxylic acids is 1. The van der Waals surface area contributed by atoms with Crippen molar-refractivity contribution in [3.8, 4) is 0 Å². The van der Waals surface area contributed by atoms with Crippen LogP contribution in [0.3, 0.4) is 0 Å². The minimum absolute atomic E-state index is 0.197. The van der Waals surface area contributed by atoms with Crippen molar-refractivity contribution < 1.29 is 9.21 Å². The van der Waals surface area contributed by atoms with Gasteiger partial charge in [-0.2, -0.15) is 0 Å². The van der Waals surface area contributed by atoms with Crippen LogP contribution in [-0.2, 0) is 0 Å². The van der Waals surface area contributed by atoms with E-state index in [0.29, 0.717) is 0 Å². The van der Waals surface area contributed by atoms with Crippen LogP contribution in [0.15, 0.2) is 39.7 Å². The molecule has 1 aromatic heterocycles. The summed E-state index contributed by atoms with van der Waals surface area (Å²) in [7, 11) is 0. The molecule has 1 N–H and O–H groups in total. The number of amides is 1. The summed E-state index contributed by atoms with van der Waals surface area (Å²) in [6.45, 7) is 1.92. The Kier molecular flexibility index (Phi) is 3.05. The molecule has 5 heteroatoms. The van der Waals surface area contributed by atoms with Crippen molar-refractivity contribution in [2.75, 3.05) is 5.32 Å². The number of anilines is 1. The Morgan fingerprint density at radius 1 is 1.50 bits per heavy atom. The molecule has 0 aliphatic carbocycles. The van der Waals surface area contributed by atoms with Gasteiger partial charge in [0.15, 0.2) is 6.39 Å². The van der Waals surface area contributed by atoms with E-state index in [0.717, 1.165) is 15.7 Å². The van der Waals surface area contributed by atoms with Gasteiger partial charge in [0.1, 0.15) is 0 Å². The van der Waals surface area contributed by atoms with Crippen LogP contribution >= 0.6 is 15.9 Å².